The number of amides is 1. The smallest absolute Gasteiger partial charge is 0.271 e. The summed E-state index contributed by atoms with van der Waals surface area (Å²) in [4.78, 5) is 22.7. The molecule has 23 heavy (non-hydrogen) atoms. The number of hydrogen-bond donors (Lipinski definition) is 1. The zero-order valence-electron chi connectivity index (χ0n) is 12.9. The fourth-order valence-electron chi connectivity index (χ4n) is 3.13. The van der Waals surface area contributed by atoms with Gasteiger partial charge in [-0.25, -0.2) is 0 Å². The number of hydrogen-bond acceptors (Lipinski definition) is 4. The van der Waals surface area contributed by atoms with Crippen LogP contribution < -0.4 is 5.32 Å². The molecule has 1 heterocycles. The number of nitro groups is 1. The van der Waals surface area contributed by atoms with Crippen LogP contribution in [-0.4, -0.2) is 26.7 Å². The van der Waals surface area contributed by atoms with Gasteiger partial charge in [0.25, 0.3) is 5.69 Å². The first kappa shape index (κ1) is 15.5. The van der Waals surface area contributed by atoms with E-state index in [1.807, 2.05) is 0 Å². The molecule has 1 amide bonds. The van der Waals surface area contributed by atoms with Gasteiger partial charge in [-0.2, -0.15) is 5.10 Å². The van der Waals surface area contributed by atoms with Crippen molar-refractivity contribution in [2.24, 2.45) is 0 Å². The number of nitrogens with zero attached hydrogens (tertiary/aromatic N) is 3. The quantitative estimate of drug-likeness (QED) is 0.533. The van der Waals surface area contributed by atoms with Gasteiger partial charge in [0, 0.05) is 23.6 Å². The van der Waals surface area contributed by atoms with Gasteiger partial charge in [0.15, 0.2) is 0 Å². The standard InChI is InChI=1S/C16H20N4O3/c21-16(18-13-5-3-1-2-4-6-13)11-19-15-9-14(20(22)23)8-7-12(15)10-17-19/h7-10,13H,1-6,11H2,(H,18,21). The minimum absolute atomic E-state index is 0.00317. The third-order valence-corrected chi connectivity index (χ3v) is 4.35. The number of nitro benzene ring substituents is 1. The number of nitrogens with one attached hydrogen (secondary N) is 1. The van der Waals surface area contributed by atoms with E-state index in [1.54, 1.807) is 12.3 Å². The highest BCUT2D eigenvalue weighted by Gasteiger charge is 2.16. The molecule has 0 radical (unpaired) electrons. The molecule has 1 N–H and O–H groups in total. The van der Waals surface area contributed by atoms with Crippen LogP contribution in [0.2, 0.25) is 0 Å². The van der Waals surface area contributed by atoms with Crippen LogP contribution in [-0.2, 0) is 11.3 Å². The summed E-state index contributed by atoms with van der Waals surface area (Å²) in [6.45, 7) is 0.0845. The Morgan fingerprint density at radius 1 is 1.30 bits per heavy atom. The molecule has 1 fully saturated rings. The van der Waals surface area contributed by atoms with E-state index in [1.165, 1.54) is 29.7 Å². The summed E-state index contributed by atoms with van der Waals surface area (Å²) in [7, 11) is 0. The average molecular weight is 316 g/mol. The first-order valence-corrected chi connectivity index (χ1v) is 8.03. The maximum Gasteiger partial charge on any atom is 0.271 e. The number of non-ortho nitro benzene ring substituents is 1. The first-order chi connectivity index (χ1) is 11.1. The summed E-state index contributed by atoms with van der Waals surface area (Å²) in [5, 5.41) is 18.9. The van der Waals surface area contributed by atoms with Crippen molar-refractivity contribution < 1.29 is 9.72 Å². The van der Waals surface area contributed by atoms with Crippen LogP contribution in [0.4, 0.5) is 5.69 Å². The number of aromatic nitrogens is 2. The molecule has 1 aliphatic carbocycles. The van der Waals surface area contributed by atoms with E-state index in [0.29, 0.717) is 5.52 Å². The normalized spacial score (nSPS) is 16.2. The SMILES string of the molecule is O=C(Cn1ncc2ccc([N+](=O)[O-])cc21)NC1CCCCCC1. The fourth-order valence-corrected chi connectivity index (χ4v) is 3.13. The minimum atomic E-state index is -0.442. The van der Waals surface area contributed by atoms with Gasteiger partial charge >= 0.3 is 0 Å². The lowest BCUT2D eigenvalue weighted by atomic mass is 10.1. The second-order valence-corrected chi connectivity index (χ2v) is 6.06. The lowest BCUT2D eigenvalue weighted by Gasteiger charge is -2.16. The lowest BCUT2D eigenvalue weighted by Crippen LogP contribution is -2.36. The van der Waals surface area contributed by atoms with E-state index in [4.69, 9.17) is 0 Å². The Morgan fingerprint density at radius 3 is 2.74 bits per heavy atom. The summed E-state index contributed by atoms with van der Waals surface area (Å²) in [5.74, 6) is -0.0894. The third-order valence-electron chi connectivity index (χ3n) is 4.35. The molecule has 0 bridgehead atoms. The van der Waals surface area contributed by atoms with Crippen molar-refractivity contribution in [3.05, 3.63) is 34.5 Å². The molecule has 0 aliphatic heterocycles. The fraction of sp³-hybridized carbons (Fsp3) is 0.500. The molecular formula is C16H20N4O3. The second-order valence-electron chi connectivity index (χ2n) is 6.06. The van der Waals surface area contributed by atoms with Crippen molar-refractivity contribution in [1.29, 1.82) is 0 Å². The molecule has 0 spiro atoms. The Labute approximate surface area is 133 Å². The number of fused-ring (bicyclic) bond motifs is 1. The van der Waals surface area contributed by atoms with Crippen molar-refractivity contribution in [3.8, 4) is 0 Å². The van der Waals surface area contributed by atoms with Crippen LogP contribution in [0, 0.1) is 10.1 Å². The summed E-state index contributed by atoms with van der Waals surface area (Å²) < 4.78 is 1.52. The Kier molecular flexibility index (Phi) is 4.55. The molecule has 0 saturated heterocycles. The van der Waals surface area contributed by atoms with Gasteiger partial charge in [0.1, 0.15) is 6.54 Å². The first-order valence-electron chi connectivity index (χ1n) is 8.03. The molecule has 3 rings (SSSR count). The van der Waals surface area contributed by atoms with Crippen LogP contribution in [0.3, 0.4) is 0 Å². The zero-order chi connectivity index (χ0) is 16.2. The number of rotatable bonds is 4. The molecule has 1 aromatic carbocycles. The Morgan fingerprint density at radius 2 is 2.04 bits per heavy atom. The van der Waals surface area contributed by atoms with Crippen molar-refractivity contribution in [3.63, 3.8) is 0 Å². The highest BCUT2D eigenvalue weighted by Crippen LogP contribution is 2.21. The summed E-state index contributed by atoms with van der Waals surface area (Å²) in [6.07, 6.45) is 8.45. The second kappa shape index (κ2) is 6.76. The van der Waals surface area contributed by atoms with Crippen molar-refractivity contribution in [1.82, 2.24) is 15.1 Å². The van der Waals surface area contributed by atoms with Crippen molar-refractivity contribution >= 4 is 22.5 Å². The minimum Gasteiger partial charge on any atom is -0.352 e. The van der Waals surface area contributed by atoms with E-state index >= 15 is 0 Å². The molecule has 0 atom stereocenters. The van der Waals surface area contributed by atoms with Crippen LogP contribution >= 0.6 is 0 Å². The van der Waals surface area contributed by atoms with Crippen LogP contribution in [0.15, 0.2) is 24.4 Å². The summed E-state index contributed by atoms with van der Waals surface area (Å²) >= 11 is 0. The molecule has 1 aromatic heterocycles. The largest absolute Gasteiger partial charge is 0.352 e. The molecule has 122 valence electrons. The maximum atomic E-state index is 12.2. The van der Waals surface area contributed by atoms with Crippen LogP contribution in [0.25, 0.3) is 10.9 Å². The molecule has 1 saturated carbocycles. The van der Waals surface area contributed by atoms with Gasteiger partial charge < -0.3 is 5.32 Å². The van der Waals surface area contributed by atoms with E-state index in [9.17, 15) is 14.9 Å². The maximum absolute atomic E-state index is 12.2. The Balaban J connectivity index is 1.71. The zero-order valence-corrected chi connectivity index (χ0v) is 12.9. The number of carbonyl (C=O) groups excluding carboxylic acids is 1. The van der Waals surface area contributed by atoms with Crippen molar-refractivity contribution in [2.45, 2.75) is 51.1 Å². The van der Waals surface area contributed by atoms with Crippen LogP contribution in [0.1, 0.15) is 38.5 Å². The van der Waals surface area contributed by atoms with E-state index in [2.05, 4.69) is 10.4 Å². The Hall–Kier alpha value is -2.44. The Bertz CT molecular complexity index is 717. The van der Waals surface area contributed by atoms with Crippen LogP contribution in [0.5, 0.6) is 0 Å². The van der Waals surface area contributed by atoms with Gasteiger partial charge in [-0.05, 0) is 18.9 Å². The molecule has 7 nitrogen and oxygen atoms in total. The van der Waals surface area contributed by atoms with Gasteiger partial charge in [-0.3, -0.25) is 19.6 Å². The van der Waals surface area contributed by atoms with Gasteiger partial charge in [0.2, 0.25) is 5.91 Å². The van der Waals surface area contributed by atoms with E-state index in [0.717, 1.165) is 31.1 Å². The predicted molar refractivity (Wildman–Crippen MR) is 86.0 cm³/mol. The van der Waals surface area contributed by atoms with E-state index in [-0.39, 0.29) is 24.2 Å². The topological polar surface area (TPSA) is 90.1 Å². The third kappa shape index (κ3) is 3.67. The molecular weight excluding hydrogens is 296 g/mol. The monoisotopic (exact) mass is 316 g/mol. The number of carbonyl (C=O) groups is 1. The number of benzene rings is 1. The van der Waals surface area contributed by atoms with Gasteiger partial charge in [-0.15, -0.1) is 0 Å². The molecule has 7 heteroatoms. The highest BCUT2D eigenvalue weighted by atomic mass is 16.6. The van der Waals surface area contributed by atoms with Gasteiger partial charge in [-0.1, -0.05) is 25.7 Å². The molecule has 0 unspecified atom stereocenters. The predicted octanol–water partition coefficient (Wildman–Crippen LogP) is 2.78. The molecule has 2 aromatic rings. The average Bonchev–Trinajstić information content (AvgIpc) is 2.74. The highest BCUT2D eigenvalue weighted by molar-refractivity contribution is 5.83. The van der Waals surface area contributed by atoms with Crippen molar-refractivity contribution in [2.75, 3.05) is 0 Å². The van der Waals surface area contributed by atoms with E-state index < -0.39 is 4.92 Å². The van der Waals surface area contributed by atoms with Gasteiger partial charge in [0.05, 0.1) is 16.6 Å². The summed E-state index contributed by atoms with van der Waals surface area (Å²) in [6, 6.07) is 4.79. The summed E-state index contributed by atoms with van der Waals surface area (Å²) in [5.41, 5.74) is 0.610. The molecule has 1 aliphatic rings. The lowest BCUT2D eigenvalue weighted by molar-refractivity contribution is -0.384.